The van der Waals surface area contributed by atoms with Gasteiger partial charge >= 0.3 is 0 Å². The number of ether oxygens (including phenoxy) is 1. The van der Waals surface area contributed by atoms with Crippen LogP contribution in [0.1, 0.15) is 46.0 Å². The van der Waals surface area contributed by atoms with Crippen molar-refractivity contribution in [3.05, 3.63) is 35.3 Å². The average molecular weight is 310 g/mol. The van der Waals surface area contributed by atoms with Crippen molar-refractivity contribution in [1.82, 2.24) is 0 Å². The third-order valence-electron chi connectivity index (χ3n) is 7.65. The molecule has 3 nitrogen and oxygen atoms in total. The molecule has 0 saturated heterocycles. The van der Waals surface area contributed by atoms with E-state index >= 15 is 0 Å². The molecule has 3 heteroatoms. The lowest BCUT2D eigenvalue weighted by atomic mass is 9.47. The van der Waals surface area contributed by atoms with E-state index in [1.807, 2.05) is 0 Å². The molecule has 0 bridgehead atoms. The van der Waals surface area contributed by atoms with E-state index in [2.05, 4.69) is 20.4 Å². The van der Waals surface area contributed by atoms with E-state index in [0.717, 1.165) is 49.0 Å². The Bertz CT molecular complexity index is 755. The highest BCUT2D eigenvalue weighted by molar-refractivity contribution is 6.08. The first-order valence-corrected chi connectivity index (χ1v) is 8.78. The van der Waals surface area contributed by atoms with Crippen molar-refractivity contribution in [2.75, 3.05) is 0 Å². The van der Waals surface area contributed by atoms with Crippen molar-refractivity contribution in [1.29, 1.82) is 0 Å². The Labute approximate surface area is 136 Å². The number of ketones is 2. The highest BCUT2D eigenvalue weighted by Gasteiger charge is 2.64. The fourth-order valence-corrected chi connectivity index (χ4v) is 6.34. The van der Waals surface area contributed by atoms with Gasteiger partial charge in [-0.1, -0.05) is 19.1 Å². The summed E-state index contributed by atoms with van der Waals surface area (Å²) in [5.74, 6) is 3.33. The molecule has 0 amide bonds. The second kappa shape index (κ2) is 3.88. The Hall–Kier alpha value is -1.64. The van der Waals surface area contributed by atoms with Gasteiger partial charge in [-0.25, -0.2) is 0 Å². The number of rotatable bonds is 0. The van der Waals surface area contributed by atoms with E-state index in [9.17, 15) is 9.59 Å². The van der Waals surface area contributed by atoms with Crippen LogP contribution in [0, 0.1) is 28.6 Å². The molecule has 0 aromatic rings. The maximum Gasteiger partial charge on any atom is 0.224 e. The molecule has 5 aliphatic rings. The van der Waals surface area contributed by atoms with Crippen molar-refractivity contribution < 1.29 is 14.3 Å². The number of hydrogen-bond donors (Lipinski definition) is 0. The summed E-state index contributed by atoms with van der Waals surface area (Å²) in [5.41, 5.74) is 1.84. The van der Waals surface area contributed by atoms with Crippen LogP contribution in [0.4, 0.5) is 0 Å². The zero-order chi connectivity index (χ0) is 16.1. The molecule has 0 aromatic carbocycles. The number of carbonyl (C=O) groups excluding carboxylic acids is 2. The molecule has 1 aliphatic heterocycles. The predicted octanol–water partition coefficient (Wildman–Crippen LogP) is 3.72. The smallest absolute Gasteiger partial charge is 0.224 e. The lowest BCUT2D eigenvalue weighted by molar-refractivity contribution is -0.131. The topological polar surface area (TPSA) is 46.7 Å². The van der Waals surface area contributed by atoms with Crippen molar-refractivity contribution >= 4 is 11.6 Å². The quantitative estimate of drug-likeness (QED) is 0.685. The van der Waals surface area contributed by atoms with Crippen LogP contribution in [0.25, 0.3) is 0 Å². The SMILES string of the molecule is C=C1C[C@@H]2[C@H](CC[C@]3(C)C(=O)CC[C@@H]23)[C@]2(C)C1=CC(=O)C1=C2O1. The van der Waals surface area contributed by atoms with E-state index < -0.39 is 0 Å². The summed E-state index contributed by atoms with van der Waals surface area (Å²) in [5, 5.41) is 0. The first-order valence-electron chi connectivity index (χ1n) is 8.78. The van der Waals surface area contributed by atoms with E-state index in [-0.39, 0.29) is 16.6 Å². The number of hydrogen-bond acceptors (Lipinski definition) is 3. The third kappa shape index (κ3) is 1.43. The third-order valence-corrected chi connectivity index (χ3v) is 7.65. The second-order valence-electron chi connectivity index (χ2n) is 8.49. The molecule has 4 aliphatic carbocycles. The molecule has 3 saturated carbocycles. The van der Waals surface area contributed by atoms with Crippen molar-refractivity contribution in [2.24, 2.45) is 28.6 Å². The molecular weight excluding hydrogens is 288 g/mol. The van der Waals surface area contributed by atoms with Crippen LogP contribution in [0.5, 0.6) is 0 Å². The number of allylic oxidation sites excluding steroid dienone is 3. The summed E-state index contributed by atoms with van der Waals surface area (Å²) in [6.07, 6.45) is 6.46. The lowest BCUT2D eigenvalue weighted by Crippen LogP contribution is -2.50. The summed E-state index contributed by atoms with van der Waals surface area (Å²) < 4.78 is 5.64. The summed E-state index contributed by atoms with van der Waals surface area (Å²) in [7, 11) is 0. The van der Waals surface area contributed by atoms with Crippen LogP contribution in [0.2, 0.25) is 0 Å². The standard InChI is InChI=1S/C20H22O3/c1-10-8-11-12-4-5-16(22)19(12,2)7-6-13(11)20(3)14(10)9-15(21)17-18(20)23-17/h9,11-13H,1,4-8H2,2-3H3/t11-,12-,13-,19-,20+/m0/s1. The molecule has 0 radical (unpaired) electrons. The zero-order valence-electron chi connectivity index (χ0n) is 13.8. The van der Waals surface area contributed by atoms with Crippen molar-refractivity contribution in [3.63, 3.8) is 0 Å². The summed E-state index contributed by atoms with van der Waals surface area (Å²) in [6.45, 7) is 8.71. The van der Waals surface area contributed by atoms with Crippen LogP contribution in [-0.2, 0) is 14.3 Å². The van der Waals surface area contributed by atoms with Crippen LogP contribution in [0.15, 0.2) is 35.3 Å². The molecule has 23 heavy (non-hydrogen) atoms. The van der Waals surface area contributed by atoms with Gasteiger partial charge in [0.2, 0.25) is 11.5 Å². The number of carbonyl (C=O) groups is 2. The van der Waals surface area contributed by atoms with Crippen LogP contribution < -0.4 is 0 Å². The van der Waals surface area contributed by atoms with Crippen molar-refractivity contribution in [3.8, 4) is 0 Å². The van der Waals surface area contributed by atoms with Gasteiger partial charge in [0, 0.05) is 11.8 Å². The summed E-state index contributed by atoms with van der Waals surface area (Å²) in [4.78, 5) is 24.5. The van der Waals surface area contributed by atoms with Gasteiger partial charge in [0.25, 0.3) is 0 Å². The fraction of sp³-hybridized carbons (Fsp3) is 0.600. The zero-order valence-corrected chi connectivity index (χ0v) is 13.8. The highest BCUT2D eigenvalue weighted by Crippen LogP contribution is 2.68. The molecule has 5 rings (SSSR count). The maximum atomic E-state index is 12.5. The summed E-state index contributed by atoms with van der Waals surface area (Å²) >= 11 is 0. The highest BCUT2D eigenvalue weighted by atomic mass is 16.6. The van der Waals surface area contributed by atoms with E-state index in [4.69, 9.17) is 4.74 Å². The van der Waals surface area contributed by atoms with Crippen molar-refractivity contribution in [2.45, 2.75) is 46.0 Å². The van der Waals surface area contributed by atoms with Crippen LogP contribution >= 0.6 is 0 Å². The maximum absolute atomic E-state index is 12.5. The molecule has 3 fully saturated rings. The Kier molecular flexibility index (Phi) is 2.32. The van der Waals surface area contributed by atoms with Crippen LogP contribution in [-0.4, -0.2) is 11.6 Å². The Morgan fingerprint density at radius 1 is 1.22 bits per heavy atom. The molecule has 1 heterocycles. The van der Waals surface area contributed by atoms with Gasteiger partial charge in [-0.15, -0.1) is 0 Å². The molecule has 0 unspecified atom stereocenters. The van der Waals surface area contributed by atoms with E-state index in [1.54, 1.807) is 6.08 Å². The Morgan fingerprint density at radius 2 is 2.00 bits per heavy atom. The van der Waals surface area contributed by atoms with Gasteiger partial charge in [-0.05, 0) is 62.0 Å². The Balaban J connectivity index is 1.62. The molecule has 0 spiro atoms. The molecule has 120 valence electrons. The average Bonchev–Trinajstić information content (AvgIpc) is 3.26. The van der Waals surface area contributed by atoms with Crippen LogP contribution in [0.3, 0.4) is 0 Å². The second-order valence-corrected chi connectivity index (χ2v) is 8.49. The van der Waals surface area contributed by atoms with Gasteiger partial charge in [-0.3, -0.25) is 9.59 Å². The molecule has 5 atom stereocenters. The lowest BCUT2D eigenvalue weighted by Gasteiger charge is -2.55. The summed E-state index contributed by atoms with van der Waals surface area (Å²) in [6, 6.07) is 0. The van der Waals surface area contributed by atoms with E-state index in [1.165, 1.54) is 0 Å². The van der Waals surface area contributed by atoms with Gasteiger partial charge in [0.05, 0.1) is 5.41 Å². The largest absolute Gasteiger partial charge is 0.449 e. The first kappa shape index (κ1) is 13.8. The minimum Gasteiger partial charge on any atom is -0.449 e. The monoisotopic (exact) mass is 310 g/mol. The minimum absolute atomic E-state index is 0.00349. The van der Waals surface area contributed by atoms with Gasteiger partial charge in [-0.2, -0.15) is 0 Å². The Morgan fingerprint density at radius 3 is 2.78 bits per heavy atom. The first-order chi connectivity index (χ1) is 10.9. The normalized spacial score (nSPS) is 47.3. The van der Waals surface area contributed by atoms with E-state index in [0.29, 0.717) is 29.3 Å². The number of Topliss-reactive ketones (excluding diaryl/α,β-unsaturated/α-hetero) is 1. The molecular formula is C20H22O3. The molecule has 0 aromatic heterocycles. The van der Waals surface area contributed by atoms with Gasteiger partial charge in [0.1, 0.15) is 5.78 Å². The molecule has 0 N–H and O–H groups in total. The number of fused-ring (bicyclic) bond motifs is 6. The fourth-order valence-electron chi connectivity index (χ4n) is 6.34. The predicted molar refractivity (Wildman–Crippen MR) is 85.1 cm³/mol. The van der Waals surface area contributed by atoms with Gasteiger partial charge < -0.3 is 4.74 Å². The van der Waals surface area contributed by atoms with Gasteiger partial charge in [0.15, 0.2) is 5.76 Å². The minimum atomic E-state index is -0.198.